The van der Waals surface area contributed by atoms with E-state index in [4.69, 9.17) is 5.73 Å². The molecule has 2 unspecified atom stereocenters. The van der Waals surface area contributed by atoms with E-state index in [2.05, 4.69) is 4.72 Å². The lowest BCUT2D eigenvalue weighted by Crippen LogP contribution is -2.39. The van der Waals surface area contributed by atoms with Crippen LogP contribution in [0.25, 0.3) is 0 Å². The number of nitrogens with one attached hydrogen (secondary N) is 1. The zero-order valence-corrected chi connectivity index (χ0v) is 10.0. The lowest BCUT2D eigenvalue weighted by molar-refractivity contribution is 0.566. The highest BCUT2D eigenvalue weighted by Crippen LogP contribution is 2.25. The summed E-state index contributed by atoms with van der Waals surface area (Å²) < 4.78 is 25.7. The maximum Gasteiger partial charge on any atom is 0.215 e. The van der Waals surface area contributed by atoms with Crippen molar-refractivity contribution >= 4 is 21.8 Å². The lowest BCUT2D eigenvalue weighted by atomic mass is 10.2. The van der Waals surface area contributed by atoms with Crippen LogP contribution in [0.3, 0.4) is 0 Å². The van der Waals surface area contributed by atoms with E-state index in [0.717, 1.165) is 12.2 Å². The Kier molecular flexibility index (Phi) is 4.69. The molecule has 0 aliphatic carbocycles. The number of hydrogen-bond acceptors (Lipinski definition) is 4. The predicted octanol–water partition coefficient (Wildman–Crippen LogP) is 0.149. The van der Waals surface area contributed by atoms with Gasteiger partial charge in [-0.1, -0.05) is 0 Å². The molecule has 14 heavy (non-hydrogen) atoms. The van der Waals surface area contributed by atoms with E-state index in [9.17, 15) is 8.42 Å². The Bertz CT molecular complexity index is 261. The molecule has 1 aliphatic rings. The molecule has 1 heterocycles. The Labute approximate surface area is 90.1 Å². The average Bonchev–Trinajstić information content (AvgIpc) is 2.66. The zero-order chi connectivity index (χ0) is 10.6. The van der Waals surface area contributed by atoms with Crippen molar-refractivity contribution in [1.82, 2.24) is 4.72 Å². The summed E-state index contributed by atoms with van der Waals surface area (Å²) in [6.07, 6.45) is 2.31. The minimum Gasteiger partial charge on any atom is -0.329 e. The van der Waals surface area contributed by atoms with Crippen LogP contribution in [0.4, 0.5) is 0 Å². The third-order valence-electron chi connectivity index (χ3n) is 2.40. The number of rotatable bonds is 5. The second-order valence-electron chi connectivity index (χ2n) is 3.57. The van der Waals surface area contributed by atoms with Gasteiger partial charge in [0.25, 0.3) is 0 Å². The quantitative estimate of drug-likeness (QED) is 0.715. The van der Waals surface area contributed by atoms with Gasteiger partial charge in [0.05, 0.1) is 5.25 Å². The Morgan fingerprint density at radius 3 is 2.86 bits per heavy atom. The van der Waals surface area contributed by atoms with E-state index in [-0.39, 0.29) is 6.54 Å². The third-order valence-corrected chi connectivity index (χ3v) is 5.62. The standard InChI is InChI=1S/C8H18N2O2S2/c1-7(5-9)14(11,12)10-6-8-3-2-4-13-8/h7-8,10H,2-6,9H2,1H3. The van der Waals surface area contributed by atoms with Crippen molar-refractivity contribution < 1.29 is 8.42 Å². The summed E-state index contributed by atoms with van der Waals surface area (Å²) in [5.41, 5.74) is 5.32. The molecule has 0 aromatic carbocycles. The van der Waals surface area contributed by atoms with Gasteiger partial charge in [-0.2, -0.15) is 11.8 Å². The van der Waals surface area contributed by atoms with Crippen molar-refractivity contribution in [3.63, 3.8) is 0 Å². The highest BCUT2D eigenvalue weighted by Gasteiger charge is 2.22. The van der Waals surface area contributed by atoms with Crippen LogP contribution >= 0.6 is 11.8 Å². The Hall–Kier alpha value is 0.220. The van der Waals surface area contributed by atoms with Gasteiger partial charge in [-0.15, -0.1) is 0 Å². The van der Waals surface area contributed by atoms with E-state index in [1.54, 1.807) is 6.92 Å². The second kappa shape index (κ2) is 5.34. The van der Waals surface area contributed by atoms with E-state index in [0.29, 0.717) is 11.8 Å². The summed E-state index contributed by atoms with van der Waals surface area (Å²) in [4.78, 5) is 0. The molecule has 0 saturated carbocycles. The smallest absolute Gasteiger partial charge is 0.215 e. The van der Waals surface area contributed by atoms with Gasteiger partial charge in [0.1, 0.15) is 0 Å². The zero-order valence-electron chi connectivity index (χ0n) is 8.40. The van der Waals surface area contributed by atoms with Crippen LogP contribution in [0.2, 0.25) is 0 Å². The van der Waals surface area contributed by atoms with E-state index < -0.39 is 15.3 Å². The molecular formula is C8H18N2O2S2. The highest BCUT2D eigenvalue weighted by atomic mass is 32.2. The van der Waals surface area contributed by atoms with Crippen molar-refractivity contribution in [3.05, 3.63) is 0 Å². The predicted molar refractivity (Wildman–Crippen MR) is 60.9 cm³/mol. The van der Waals surface area contributed by atoms with Gasteiger partial charge in [-0.25, -0.2) is 13.1 Å². The van der Waals surface area contributed by atoms with Crippen molar-refractivity contribution in [2.75, 3.05) is 18.8 Å². The van der Waals surface area contributed by atoms with Gasteiger partial charge < -0.3 is 5.73 Å². The molecule has 0 amide bonds. The minimum atomic E-state index is -3.19. The van der Waals surface area contributed by atoms with Crippen LogP contribution in [0.5, 0.6) is 0 Å². The molecule has 1 rings (SSSR count). The molecular weight excluding hydrogens is 220 g/mol. The molecule has 84 valence electrons. The monoisotopic (exact) mass is 238 g/mol. The summed E-state index contributed by atoms with van der Waals surface area (Å²) >= 11 is 1.84. The summed E-state index contributed by atoms with van der Waals surface area (Å²) in [5, 5.41) is -0.0383. The van der Waals surface area contributed by atoms with Gasteiger partial charge in [0.2, 0.25) is 10.0 Å². The average molecular weight is 238 g/mol. The van der Waals surface area contributed by atoms with Crippen molar-refractivity contribution in [3.8, 4) is 0 Å². The van der Waals surface area contributed by atoms with E-state index in [1.807, 2.05) is 11.8 Å². The Morgan fingerprint density at radius 2 is 2.36 bits per heavy atom. The van der Waals surface area contributed by atoms with Crippen LogP contribution in [0.1, 0.15) is 19.8 Å². The molecule has 1 saturated heterocycles. The molecule has 0 radical (unpaired) electrons. The lowest BCUT2D eigenvalue weighted by Gasteiger charge is -2.14. The van der Waals surface area contributed by atoms with Crippen LogP contribution in [0, 0.1) is 0 Å². The fourth-order valence-electron chi connectivity index (χ4n) is 1.28. The SMILES string of the molecule is CC(CN)S(=O)(=O)NCC1CCCS1. The van der Waals surface area contributed by atoms with Crippen molar-refractivity contribution in [1.29, 1.82) is 0 Å². The molecule has 0 spiro atoms. The first-order valence-electron chi connectivity index (χ1n) is 4.86. The fourth-order valence-corrected chi connectivity index (χ4v) is 3.56. The number of sulfonamides is 1. The van der Waals surface area contributed by atoms with Gasteiger partial charge in [0.15, 0.2) is 0 Å². The van der Waals surface area contributed by atoms with Crippen molar-refractivity contribution in [2.24, 2.45) is 5.73 Å². The summed E-state index contributed by atoms with van der Waals surface area (Å²) in [5.74, 6) is 1.15. The Morgan fingerprint density at radius 1 is 1.64 bits per heavy atom. The third kappa shape index (κ3) is 3.42. The number of thioether (sulfide) groups is 1. The summed E-state index contributed by atoms with van der Waals surface area (Å²) in [7, 11) is -3.19. The molecule has 1 aliphatic heterocycles. The molecule has 4 nitrogen and oxygen atoms in total. The van der Waals surface area contributed by atoms with Crippen molar-refractivity contribution in [2.45, 2.75) is 30.3 Å². The Balaban J connectivity index is 2.35. The molecule has 2 atom stereocenters. The first-order chi connectivity index (χ1) is 6.56. The molecule has 0 bridgehead atoms. The highest BCUT2D eigenvalue weighted by molar-refractivity contribution is 8.00. The maximum atomic E-state index is 11.5. The van der Waals surface area contributed by atoms with Crippen LogP contribution < -0.4 is 10.5 Å². The maximum absolute atomic E-state index is 11.5. The molecule has 0 aromatic heterocycles. The van der Waals surface area contributed by atoms with E-state index in [1.165, 1.54) is 6.42 Å². The second-order valence-corrected chi connectivity index (χ2v) is 7.17. The van der Waals surface area contributed by atoms with Gasteiger partial charge in [-0.05, 0) is 25.5 Å². The molecule has 0 aromatic rings. The van der Waals surface area contributed by atoms with Crippen LogP contribution in [-0.2, 0) is 10.0 Å². The van der Waals surface area contributed by atoms with Gasteiger partial charge >= 0.3 is 0 Å². The first-order valence-corrected chi connectivity index (χ1v) is 7.46. The molecule has 6 heteroatoms. The summed E-state index contributed by atoms with van der Waals surface area (Å²) in [6, 6.07) is 0. The van der Waals surface area contributed by atoms with E-state index >= 15 is 0 Å². The van der Waals surface area contributed by atoms with Crippen LogP contribution in [0.15, 0.2) is 0 Å². The number of hydrogen-bond donors (Lipinski definition) is 2. The van der Waals surface area contributed by atoms with Gasteiger partial charge in [-0.3, -0.25) is 0 Å². The topological polar surface area (TPSA) is 72.2 Å². The summed E-state index contributed by atoms with van der Waals surface area (Å²) in [6.45, 7) is 2.36. The molecule has 3 N–H and O–H groups in total. The minimum absolute atomic E-state index is 0.174. The fraction of sp³-hybridized carbons (Fsp3) is 1.00. The van der Waals surface area contributed by atoms with Gasteiger partial charge in [0, 0.05) is 18.3 Å². The normalized spacial score (nSPS) is 25.1. The first kappa shape index (κ1) is 12.3. The van der Waals surface area contributed by atoms with Crippen LogP contribution in [-0.4, -0.2) is 37.8 Å². The largest absolute Gasteiger partial charge is 0.329 e. The number of nitrogens with two attached hydrogens (primary N) is 1. The molecule has 1 fully saturated rings.